The number of imide groups is 2. The molecule has 1 aliphatic rings. The van der Waals surface area contributed by atoms with Crippen LogP contribution >= 0.6 is 78.3 Å². The number of hydrogen-bond donors (Lipinski definition) is 1. The normalized spacial score (nSPS) is 14.7. The highest BCUT2D eigenvalue weighted by atomic mass is 79.9. The number of halogens is 6. The van der Waals surface area contributed by atoms with Crippen molar-refractivity contribution in [2.75, 3.05) is 12.0 Å². The van der Waals surface area contributed by atoms with Gasteiger partial charge in [0, 0.05) is 4.47 Å². The number of methoxy groups -OCH3 is 1. The summed E-state index contributed by atoms with van der Waals surface area (Å²) in [6.45, 7) is 0.153. The van der Waals surface area contributed by atoms with Gasteiger partial charge < -0.3 is 9.47 Å². The van der Waals surface area contributed by atoms with Gasteiger partial charge in [0.05, 0.1) is 37.4 Å². The van der Waals surface area contributed by atoms with E-state index in [2.05, 4.69) is 37.2 Å². The van der Waals surface area contributed by atoms with Gasteiger partial charge in [-0.05, 0) is 85.5 Å². The number of rotatable bonds is 6. The standard InChI is InChI=1S/C25H14Br2Cl4N2O5/c1-37-19-8-12(20(26)21(27)22(19)38-10-11-2-4-15(28)17(30)6-11)7-14-23(34)32-25(36)33(24(14)35)13-3-5-16(29)18(31)9-13/h2-9H,10H2,1H3,(H,32,34,36)/b14-7+. The number of amides is 4. The molecule has 196 valence electrons. The maximum Gasteiger partial charge on any atom is 0.335 e. The van der Waals surface area contributed by atoms with Crippen LogP contribution in [0.3, 0.4) is 0 Å². The number of barbiturate groups is 1. The van der Waals surface area contributed by atoms with E-state index in [1.807, 2.05) is 0 Å². The molecule has 0 aliphatic carbocycles. The summed E-state index contributed by atoms with van der Waals surface area (Å²) in [5.41, 5.74) is 1.02. The maximum atomic E-state index is 13.3. The largest absolute Gasteiger partial charge is 0.493 e. The van der Waals surface area contributed by atoms with E-state index in [0.29, 0.717) is 36.1 Å². The van der Waals surface area contributed by atoms with Gasteiger partial charge >= 0.3 is 6.03 Å². The van der Waals surface area contributed by atoms with Crippen molar-refractivity contribution in [1.29, 1.82) is 0 Å². The van der Waals surface area contributed by atoms with Crippen LogP contribution in [0.4, 0.5) is 10.5 Å². The van der Waals surface area contributed by atoms with Crippen molar-refractivity contribution in [3.8, 4) is 11.5 Å². The van der Waals surface area contributed by atoms with Crippen LogP contribution in [0.15, 0.2) is 57.0 Å². The molecule has 0 bridgehead atoms. The van der Waals surface area contributed by atoms with E-state index >= 15 is 0 Å². The first-order valence-electron chi connectivity index (χ1n) is 10.5. The molecule has 7 nitrogen and oxygen atoms in total. The van der Waals surface area contributed by atoms with Crippen molar-refractivity contribution in [3.05, 3.63) is 88.2 Å². The van der Waals surface area contributed by atoms with Gasteiger partial charge in [-0.25, -0.2) is 9.69 Å². The third-order valence-electron chi connectivity index (χ3n) is 5.31. The molecule has 38 heavy (non-hydrogen) atoms. The number of nitrogens with zero attached hydrogens (tertiary/aromatic N) is 1. The summed E-state index contributed by atoms with van der Waals surface area (Å²) in [5.74, 6) is -1.04. The second-order valence-corrected chi connectivity index (χ2v) is 10.9. The van der Waals surface area contributed by atoms with Crippen molar-refractivity contribution in [2.24, 2.45) is 0 Å². The number of benzene rings is 3. The zero-order chi connectivity index (χ0) is 27.7. The smallest absolute Gasteiger partial charge is 0.335 e. The summed E-state index contributed by atoms with van der Waals surface area (Å²) in [5, 5.41) is 3.37. The zero-order valence-electron chi connectivity index (χ0n) is 19.1. The van der Waals surface area contributed by atoms with Crippen molar-refractivity contribution >= 4 is 108 Å². The molecule has 0 aromatic heterocycles. The lowest BCUT2D eigenvalue weighted by Crippen LogP contribution is -2.54. The van der Waals surface area contributed by atoms with Gasteiger partial charge in [0.1, 0.15) is 12.2 Å². The Morgan fingerprint density at radius 2 is 1.55 bits per heavy atom. The molecule has 1 aliphatic heterocycles. The zero-order valence-corrected chi connectivity index (χ0v) is 25.3. The van der Waals surface area contributed by atoms with Gasteiger partial charge in [-0.2, -0.15) is 0 Å². The molecule has 0 unspecified atom stereocenters. The Kier molecular flexibility index (Phi) is 8.96. The number of carbonyl (C=O) groups excluding carboxylic acids is 3. The summed E-state index contributed by atoms with van der Waals surface area (Å²) in [7, 11) is 1.45. The average molecular weight is 724 g/mol. The minimum Gasteiger partial charge on any atom is -0.493 e. The monoisotopic (exact) mass is 720 g/mol. The molecule has 0 atom stereocenters. The second kappa shape index (κ2) is 11.9. The minimum atomic E-state index is -0.917. The molecule has 0 radical (unpaired) electrons. The molecule has 1 heterocycles. The van der Waals surface area contributed by atoms with Gasteiger partial charge in [0.2, 0.25) is 0 Å². The first-order chi connectivity index (χ1) is 18.0. The highest BCUT2D eigenvalue weighted by Gasteiger charge is 2.37. The van der Waals surface area contributed by atoms with E-state index in [1.165, 1.54) is 31.4 Å². The van der Waals surface area contributed by atoms with E-state index in [4.69, 9.17) is 55.9 Å². The van der Waals surface area contributed by atoms with Crippen molar-refractivity contribution in [2.45, 2.75) is 6.61 Å². The van der Waals surface area contributed by atoms with Crippen molar-refractivity contribution in [1.82, 2.24) is 5.32 Å². The summed E-state index contributed by atoms with van der Waals surface area (Å²) < 4.78 is 12.4. The lowest BCUT2D eigenvalue weighted by atomic mass is 10.1. The second-order valence-electron chi connectivity index (χ2n) is 7.72. The maximum absolute atomic E-state index is 13.3. The molecular weight excluding hydrogens is 710 g/mol. The van der Waals surface area contributed by atoms with Crippen molar-refractivity contribution in [3.63, 3.8) is 0 Å². The Balaban J connectivity index is 1.69. The fourth-order valence-corrected chi connectivity index (χ4v) is 5.01. The van der Waals surface area contributed by atoms with Crippen LogP contribution in [0.5, 0.6) is 11.5 Å². The SMILES string of the molecule is COc1cc(/C=C2\C(=O)NC(=O)N(c3ccc(Cl)c(Cl)c3)C2=O)c(Br)c(Br)c1OCc1ccc(Cl)c(Cl)c1. The van der Waals surface area contributed by atoms with Crippen molar-refractivity contribution < 1.29 is 23.9 Å². The number of hydrogen-bond acceptors (Lipinski definition) is 5. The molecule has 1 fully saturated rings. The summed E-state index contributed by atoms with van der Waals surface area (Å²) >= 11 is 31.0. The van der Waals surface area contributed by atoms with Gasteiger partial charge in [-0.15, -0.1) is 0 Å². The number of urea groups is 1. The van der Waals surface area contributed by atoms with Crippen LogP contribution < -0.4 is 19.7 Å². The lowest BCUT2D eigenvalue weighted by Gasteiger charge is -2.26. The number of ether oxygens (including phenoxy) is 2. The van der Waals surface area contributed by atoms with Crippen LogP contribution in [0.1, 0.15) is 11.1 Å². The lowest BCUT2D eigenvalue weighted by molar-refractivity contribution is -0.122. The van der Waals surface area contributed by atoms with Gasteiger partial charge in [0.25, 0.3) is 11.8 Å². The summed E-state index contributed by atoms with van der Waals surface area (Å²) in [6, 6.07) is 10.0. The van der Waals surface area contributed by atoms with Crippen LogP contribution in [0.2, 0.25) is 20.1 Å². The van der Waals surface area contributed by atoms with Gasteiger partial charge in [-0.1, -0.05) is 52.5 Å². The Morgan fingerprint density at radius 1 is 0.895 bits per heavy atom. The molecule has 4 rings (SSSR count). The highest BCUT2D eigenvalue weighted by molar-refractivity contribution is 9.13. The van der Waals surface area contributed by atoms with Crippen LogP contribution in [-0.4, -0.2) is 25.0 Å². The number of nitrogens with one attached hydrogen (secondary N) is 1. The molecular formula is C25H14Br2Cl4N2O5. The van der Waals surface area contributed by atoms with Crippen LogP contribution in [0, 0.1) is 0 Å². The third-order valence-corrected chi connectivity index (χ3v) is 8.93. The van der Waals surface area contributed by atoms with E-state index in [0.717, 1.165) is 10.5 Å². The predicted molar refractivity (Wildman–Crippen MR) is 155 cm³/mol. The molecule has 3 aromatic carbocycles. The first kappa shape index (κ1) is 28.7. The fourth-order valence-electron chi connectivity index (χ4n) is 3.45. The predicted octanol–water partition coefficient (Wildman–Crippen LogP) is 8.08. The topological polar surface area (TPSA) is 84.9 Å². The number of carbonyl (C=O) groups is 3. The molecule has 4 amide bonds. The summed E-state index contributed by atoms with van der Waals surface area (Å²) in [6.07, 6.45) is 1.33. The minimum absolute atomic E-state index is 0.139. The molecule has 3 aromatic rings. The molecule has 1 saturated heterocycles. The fraction of sp³-hybridized carbons (Fsp3) is 0.0800. The number of anilines is 1. The molecule has 1 N–H and O–H groups in total. The Morgan fingerprint density at radius 3 is 2.18 bits per heavy atom. The third kappa shape index (κ3) is 5.83. The van der Waals surface area contributed by atoms with Crippen LogP contribution in [0.25, 0.3) is 6.08 Å². The van der Waals surface area contributed by atoms with E-state index < -0.39 is 17.8 Å². The highest BCUT2D eigenvalue weighted by Crippen LogP contribution is 2.44. The van der Waals surface area contributed by atoms with Gasteiger partial charge in [-0.3, -0.25) is 14.9 Å². The van der Waals surface area contributed by atoms with E-state index in [-0.39, 0.29) is 27.9 Å². The first-order valence-corrected chi connectivity index (χ1v) is 13.6. The Hall–Kier alpha value is -2.27. The quantitative estimate of drug-likeness (QED) is 0.206. The average Bonchev–Trinajstić information content (AvgIpc) is 2.87. The molecule has 0 saturated carbocycles. The molecule has 13 heteroatoms. The Labute approximate surface area is 253 Å². The van der Waals surface area contributed by atoms with E-state index in [9.17, 15) is 14.4 Å². The Bertz CT molecular complexity index is 1530. The van der Waals surface area contributed by atoms with Crippen LogP contribution in [-0.2, 0) is 16.2 Å². The molecule has 0 spiro atoms. The van der Waals surface area contributed by atoms with E-state index in [1.54, 1.807) is 24.3 Å². The van der Waals surface area contributed by atoms with Gasteiger partial charge in [0.15, 0.2) is 11.5 Å². The summed E-state index contributed by atoms with van der Waals surface area (Å²) in [4.78, 5) is 39.2.